The van der Waals surface area contributed by atoms with Gasteiger partial charge in [0.2, 0.25) is 10.0 Å². The van der Waals surface area contributed by atoms with E-state index in [2.05, 4.69) is 9.62 Å². The van der Waals surface area contributed by atoms with Gasteiger partial charge in [-0.2, -0.15) is 0 Å². The molecule has 0 radical (unpaired) electrons. The van der Waals surface area contributed by atoms with Crippen LogP contribution in [0.15, 0.2) is 52.1 Å². The Labute approximate surface area is 124 Å². The van der Waals surface area contributed by atoms with Crippen molar-refractivity contribution in [3.63, 3.8) is 0 Å². The Hall–Kier alpha value is -1.37. The predicted octanol–water partition coefficient (Wildman–Crippen LogP) is 2.55. The number of nitrogens with zero attached hydrogens (tertiary/aromatic N) is 1. The zero-order chi connectivity index (χ0) is 14.6. The van der Waals surface area contributed by atoms with Crippen LogP contribution in [0.1, 0.15) is 6.92 Å². The van der Waals surface area contributed by atoms with Crippen molar-refractivity contribution in [2.24, 2.45) is 0 Å². The highest BCUT2D eigenvalue weighted by atomic mass is 32.2. The van der Waals surface area contributed by atoms with Crippen LogP contribution in [0.2, 0.25) is 0 Å². The van der Waals surface area contributed by atoms with Gasteiger partial charge >= 0.3 is 0 Å². The molecule has 1 N–H and O–H groups in total. The summed E-state index contributed by atoms with van der Waals surface area (Å²) in [6, 6.07) is 13.3. The van der Waals surface area contributed by atoms with Crippen LogP contribution < -0.4 is 9.62 Å². The Bertz CT molecular complexity index is 624. The fourth-order valence-corrected chi connectivity index (χ4v) is 3.93. The number of likely N-dealkylation sites (N-methyl/N-ethyl adjacent to an activating group) is 1. The molecular formula is C14H18N2O2S2. The molecule has 20 heavy (non-hydrogen) atoms. The zero-order valence-corrected chi connectivity index (χ0v) is 13.1. The van der Waals surface area contributed by atoms with E-state index < -0.39 is 10.0 Å². The first-order valence-corrected chi connectivity index (χ1v) is 8.68. The maximum Gasteiger partial charge on any atom is 0.250 e. The van der Waals surface area contributed by atoms with Crippen LogP contribution in [-0.2, 0) is 10.0 Å². The first-order chi connectivity index (χ1) is 9.50. The summed E-state index contributed by atoms with van der Waals surface area (Å²) in [4.78, 5) is 2.05. The summed E-state index contributed by atoms with van der Waals surface area (Å²) < 4.78 is 27.1. The maximum atomic E-state index is 12.0. The number of anilines is 1. The van der Waals surface area contributed by atoms with Gasteiger partial charge in [0.15, 0.2) is 0 Å². The molecule has 2 aromatic rings. The van der Waals surface area contributed by atoms with Crippen LogP contribution in [0, 0.1) is 0 Å². The SMILES string of the molecule is C[C@H](CNS(=O)(=O)c1cccs1)N(C)c1ccccc1. The molecule has 108 valence electrons. The number of hydrogen-bond donors (Lipinski definition) is 1. The molecule has 2 rings (SSSR count). The smallest absolute Gasteiger partial charge is 0.250 e. The molecule has 4 nitrogen and oxygen atoms in total. The summed E-state index contributed by atoms with van der Waals surface area (Å²) in [6.07, 6.45) is 0. The van der Waals surface area contributed by atoms with Crippen molar-refractivity contribution in [1.29, 1.82) is 0 Å². The average molecular weight is 310 g/mol. The molecule has 0 bridgehead atoms. The first kappa shape index (κ1) is 15.0. The van der Waals surface area contributed by atoms with Crippen LogP contribution in [0.3, 0.4) is 0 Å². The molecule has 1 atom stereocenters. The van der Waals surface area contributed by atoms with E-state index in [9.17, 15) is 8.42 Å². The second-order valence-corrected chi connectivity index (χ2v) is 7.52. The monoisotopic (exact) mass is 310 g/mol. The van der Waals surface area contributed by atoms with E-state index in [1.807, 2.05) is 44.3 Å². The van der Waals surface area contributed by atoms with Gasteiger partial charge in [0.25, 0.3) is 0 Å². The standard InChI is InChI=1S/C14H18N2O2S2/c1-12(16(2)13-7-4-3-5-8-13)11-15-20(17,18)14-9-6-10-19-14/h3-10,12,15H,11H2,1-2H3/t12-/m1/s1. The summed E-state index contributed by atoms with van der Waals surface area (Å²) in [5.74, 6) is 0. The van der Waals surface area contributed by atoms with Gasteiger partial charge in [0, 0.05) is 25.3 Å². The van der Waals surface area contributed by atoms with Gasteiger partial charge in [-0.25, -0.2) is 13.1 Å². The van der Waals surface area contributed by atoms with Gasteiger partial charge in [-0.1, -0.05) is 24.3 Å². The summed E-state index contributed by atoms with van der Waals surface area (Å²) in [6.45, 7) is 2.36. The lowest BCUT2D eigenvalue weighted by Crippen LogP contribution is -2.40. The average Bonchev–Trinajstić information content (AvgIpc) is 3.00. The molecule has 0 unspecified atom stereocenters. The number of thiophene rings is 1. The van der Waals surface area contributed by atoms with E-state index in [1.54, 1.807) is 17.5 Å². The molecule has 0 fully saturated rings. The maximum absolute atomic E-state index is 12.0. The van der Waals surface area contributed by atoms with Crippen molar-refractivity contribution in [2.75, 3.05) is 18.5 Å². The number of para-hydroxylation sites is 1. The summed E-state index contributed by atoms with van der Waals surface area (Å²) in [5, 5.41) is 1.76. The Morgan fingerprint density at radius 1 is 1.20 bits per heavy atom. The fraction of sp³-hybridized carbons (Fsp3) is 0.286. The van der Waals surface area contributed by atoms with Gasteiger partial charge in [-0.15, -0.1) is 11.3 Å². The summed E-state index contributed by atoms with van der Waals surface area (Å²) >= 11 is 1.22. The first-order valence-electron chi connectivity index (χ1n) is 6.32. The van der Waals surface area contributed by atoms with E-state index in [-0.39, 0.29) is 6.04 Å². The van der Waals surface area contributed by atoms with Crippen molar-refractivity contribution >= 4 is 27.0 Å². The predicted molar refractivity (Wildman–Crippen MR) is 83.8 cm³/mol. The second kappa shape index (κ2) is 6.39. The van der Waals surface area contributed by atoms with Crippen LogP contribution in [0.25, 0.3) is 0 Å². The minimum Gasteiger partial charge on any atom is -0.371 e. The molecule has 0 saturated heterocycles. The van der Waals surface area contributed by atoms with E-state index >= 15 is 0 Å². The van der Waals surface area contributed by atoms with Crippen LogP contribution in [0.4, 0.5) is 5.69 Å². The fourth-order valence-electron chi connectivity index (χ4n) is 1.77. The van der Waals surface area contributed by atoms with Crippen molar-refractivity contribution in [3.8, 4) is 0 Å². The summed E-state index contributed by atoms with van der Waals surface area (Å²) in [7, 11) is -1.43. The van der Waals surface area contributed by atoms with Crippen LogP contribution in [-0.4, -0.2) is 28.1 Å². The number of benzene rings is 1. The lowest BCUT2D eigenvalue weighted by atomic mass is 10.2. The van der Waals surface area contributed by atoms with Gasteiger partial charge in [-0.3, -0.25) is 0 Å². The molecule has 6 heteroatoms. The number of nitrogens with one attached hydrogen (secondary N) is 1. The molecule has 0 spiro atoms. The van der Waals surface area contributed by atoms with Gasteiger partial charge in [0.05, 0.1) is 0 Å². The minimum atomic E-state index is -3.39. The van der Waals surface area contributed by atoms with Crippen molar-refractivity contribution in [3.05, 3.63) is 47.8 Å². The largest absolute Gasteiger partial charge is 0.371 e. The third kappa shape index (κ3) is 3.59. The molecule has 0 aliphatic heterocycles. The van der Waals surface area contributed by atoms with E-state index in [0.717, 1.165) is 5.69 Å². The Morgan fingerprint density at radius 2 is 1.90 bits per heavy atom. The van der Waals surface area contributed by atoms with Crippen molar-refractivity contribution in [1.82, 2.24) is 4.72 Å². The van der Waals surface area contributed by atoms with Crippen LogP contribution >= 0.6 is 11.3 Å². The van der Waals surface area contributed by atoms with Crippen LogP contribution in [0.5, 0.6) is 0 Å². The summed E-state index contributed by atoms with van der Waals surface area (Å²) in [5.41, 5.74) is 1.07. The normalized spacial score (nSPS) is 13.1. The lowest BCUT2D eigenvalue weighted by Gasteiger charge is -2.27. The Kier molecular flexibility index (Phi) is 4.80. The molecular weight excluding hydrogens is 292 g/mol. The number of rotatable bonds is 6. The quantitative estimate of drug-likeness (QED) is 0.892. The molecule has 1 aromatic carbocycles. The van der Waals surface area contributed by atoms with Gasteiger partial charge in [-0.05, 0) is 30.5 Å². The third-order valence-corrected chi connectivity index (χ3v) is 5.97. The van der Waals surface area contributed by atoms with Crippen molar-refractivity contribution in [2.45, 2.75) is 17.2 Å². The lowest BCUT2D eigenvalue weighted by molar-refractivity contribution is 0.572. The second-order valence-electron chi connectivity index (χ2n) is 4.58. The van der Waals surface area contributed by atoms with Crippen molar-refractivity contribution < 1.29 is 8.42 Å². The Balaban J connectivity index is 1.97. The van der Waals surface area contributed by atoms with E-state index in [1.165, 1.54) is 11.3 Å². The highest BCUT2D eigenvalue weighted by Crippen LogP contribution is 2.17. The van der Waals surface area contributed by atoms with E-state index in [4.69, 9.17) is 0 Å². The molecule has 0 saturated carbocycles. The number of hydrogen-bond acceptors (Lipinski definition) is 4. The molecule has 0 amide bonds. The highest BCUT2D eigenvalue weighted by molar-refractivity contribution is 7.91. The Morgan fingerprint density at radius 3 is 2.50 bits per heavy atom. The zero-order valence-electron chi connectivity index (χ0n) is 11.5. The molecule has 0 aliphatic rings. The minimum absolute atomic E-state index is 0.0622. The third-order valence-electron chi connectivity index (χ3n) is 3.15. The topological polar surface area (TPSA) is 49.4 Å². The number of sulfonamides is 1. The highest BCUT2D eigenvalue weighted by Gasteiger charge is 2.17. The molecule has 0 aliphatic carbocycles. The molecule has 1 heterocycles. The van der Waals surface area contributed by atoms with Gasteiger partial charge in [0.1, 0.15) is 4.21 Å². The van der Waals surface area contributed by atoms with E-state index in [0.29, 0.717) is 10.8 Å². The van der Waals surface area contributed by atoms with Gasteiger partial charge < -0.3 is 4.90 Å². The molecule has 1 aromatic heterocycles.